The standard InChI is InChI=1S/C11H16F3N3O/c1-7-16-10(17-18-7)6-15-9-5-3-2-4-8(9)11(12,13)14/h8-9,15H,2-6H2,1H3/t8-,9+/m0/s1. The Morgan fingerprint density at radius 2 is 2.06 bits per heavy atom. The second-order valence-corrected chi connectivity index (χ2v) is 4.65. The van der Waals surface area contributed by atoms with Crippen LogP contribution in [-0.2, 0) is 6.54 Å². The third-order valence-electron chi connectivity index (χ3n) is 3.28. The molecule has 2 atom stereocenters. The smallest absolute Gasteiger partial charge is 0.340 e. The minimum absolute atomic E-state index is 0.201. The second-order valence-electron chi connectivity index (χ2n) is 4.65. The number of alkyl halides is 3. The van der Waals surface area contributed by atoms with Gasteiger partial charge in [-0.3, -0.25) is 0 Å². The van der Waals surface area contributed by atoms with Crippen molar-refractivity contribution in [1.29, 1.82) is 0 Å². The summed E-state index contributed by atoms with van der Waals surface area (Å²) in [4.78, 5) is 3.96. The summed E-state index contributed by atoms with van der Waals surface area (Å²) in [5.74, 6) is -0.443. The number of halogens is 3. The van der Waals surface area contributed by atoms with Crippen LogP contribution in [0.25, 0.3) is 0 Å². The van der Waals surface area contributed by atoms with Crippen molar-refractivity contribution in [3.63, 3.8) is 0 Å². The van der Waals surface area contributed by atoms with Crippen LogP contribution in [0.5, 0.6) is 0 Å². The van der Waals surface area contributed by atoms with E-state index >= 15 is 0 Å². The van der Waals surface area contributed by atoms with E-state index in [2.05, 4.69) is 15.5 Å². The molecular formula is C11H16F3N3O. The quantitative estimate of drug-likeness (QED) is 0.910. The topological polar surface area (TPSA) is 51.0 Å². The van der Waals surface area contributed by atoms with Crippen LogP contribution in [-0.4, -0.2) is 22.4 Å². The largest absolute Gasteiger partial charge is 0.393 e. The van der Waals surface area contributed by atoms with Gasteiger partial charge in [-0.05, 0) is 12.8 Å². The first kappa shape index (κ1) is 13.3. The van der Waals surface area contributed by atoms with Gasteiger partial charge in [-0.1, -0.05) is 18.0 Å². The summed E-state index contributed by atoms with van der Waals surface area (Å²) in [6, 6.07) is -0.544. The normalized spacial score (nSPS) is 25.3. The molecule has 7 heteroatoms. The molecule has 0 aromatic carbocycles. The van der Waals surface area contributed by atoms with E-state index in [1.165, 1.54) is 0 Å². The van der Waals surface area contributed by atoms with Crippen molar-refractivity contribution in [3.05, 3.63) is 11.7 Å². The lowest BCUT2D eigenvalue weighted by Crippen LogP contribution is -2.45. The van der Waals surface area contributed by atoms with Gasteiger partial charge in [0.25, 0.3) is 0 Å². The fourth-order valence-electron chi connectivity index (χ4n) is 2.40. The lowest BCUT2D eigenvalue weighted by molar-refractivity contribution is -0.189. The molecule has 1 saturated carbocycles. The first-order valence-electron chi connectivity index (χ1n) is 6.06. The van der Waals surface area contributed by atoms with Gasteiger partial charge < -0.3 is 9.84 Å². The van der Waals surface area contributed by atoms with Crippen molar-refractivity contribution >= 4 is 0 Å². The van der Waals surface area contributed by atoms with Crippen LogP contribution in [0.3, 0.4) is 0 Å². The maximum Gasteiger partial charge on any atom is 0.393 e. The highest BCUT2D eigenvalue weighted by atomic mass is 19.4. The minimum atomic E-state index is -4.13. The van der Waals surface area contributed by atoms with Crippen LogP contribution in [0.2, 0.25) is 0 Å². The first-order valence-corrected chi connectivity index (χ1v) is 6.06. The maximum absolute atomic E-state index is 12.8. The summed E-state index contributed by atoms with van der Waals surface area (Å²) in [6.45, 7) is 1.87. The van der Waals surface area contributed by atoms with Crippen molar-refractivity contribution in [2.75, 3.05) is 0 Å². The van der Waals surface area contributed by atoms with Gasteiger partial charge in [0, 0.05) is 13.0 Å². The summed E-state index contributed by atoms with van der Waals surface area (Å²) >= 11 is 0. The number of nitrogens with zero attached hydrogens (tertiary/aromatic N) is 2. The Balaban J connectivity index is 1.93. The number of rotatable bonds is 3. The van der Waals surface area contributed by atoms with E-state index < -0.39 is 18.1 Å². The average molecular weight is 263 g/mol. The number of hydrogen-bond donors (Lipinski definition) is 1. The minimum Gasteiger partial charge on any atom is -0.340 e. The Morgan fingerprint density at radius 3 is 2.67 bits per heavy atom. The highest BCUT2D eigenvalue weighted by Crippen LogP contribution is 2.37. The molecule has 1 aliphatic rings. The van der Waals surface area contributed by atoms with E-state index in [0.29, 0.717) is 24.6 Å². The van der Waals surface area contributed by atoms with Gasteiger partial charge in [-0.25, -0.2) is 0 Å². The molecule has 2 rings (SSSR count). The highest BCUT2D eigenvalue weighted by molar-refractivity contribution is 4.89. The summed E-state index contributed by atoms with van der Waals surface area (Å²) in [5, 5.41) is 6.56. The zero-order valence-electron chi connectivity index (χ0n) is 10.1. The zero-order valence-corrected chi connectivity index (χ0v) is 10.1. The molecule has 1 aromatic rings. The van der Waals surface area contributed by atoms with E-state index in [-0.39, 0.29) is 13.0 Å². The van der Waals surface area contributed by atoms with Crippen molar-refractivity contribution < 1.29 is 17.7 Å². The highest BCUT2D eigenvalue weighted by Gasteiger charge is 2.45. The SMILES string of the molecule is Cc1nc(CN[C@@H]2CCCC[C@@H]2C(F)(F)F)no1. The molecule has 1 aromatic heterocycles. The van der Waals surface area contributed by atoms with Crippen LogP contribution < -0.4 is 5.32 Å². The lowest BCUT2D eigenvalue weighted by Gasteiger charge is -2.33. The molecule has 1 N–H and O–H groups in total. The van der Waals surface area contributed by atoms with Crippen molar-refractivity contribution in [2.45, 2.75) is 51.4 Å². The Bertz CT molecular complexity index is 391. The predicted octanol–water partition coefficient (Wildman–Crippen LogP) is 2.59. The van der Waals surface area contributed by atoms with Gasteiger partial charge in [0.05, 0.1) is 12.5 Å². The molecule has 0 bridgehead atoms. The van der Waals surface area contributed by atoms with Crippen molar-refractivity contribution in [3.8, 4) is 0 Å². The Labute approximate surface area is 103 Å². The van der Waals surface area contributed by atoms with E-state index in [0.717, 1.165) is 6.42 Å². The molecule has 18 heavy (non-hydrogen) atoms. The van der Waals surface area contributed by atoms with Crippen LogP contribution in [0.4, 0.5) is 13.2 Å². The molecule has 0 spiro atoms. The number of nitrogens with one attached hydrogen (secondary N) is 1. The van der Waals surface area contributed by atoms with Crippen LogP contribution >= 0.6 is 0 Å². The predicted molar refractivity (Wildman–Crippen MR) is 57.7 cm³/mol. The van der Waals surface area contributed by atoms with E-state index in [1.807, 2.05) is 0 Å². The molecule has 102 valence electrons. The molecule has 0 saturated heterocycles. The average Bonchev–Trinajstić information content (AvgIpc) is 2.72. The van der Waals surface area contributed by atoms with Crippen LogP contribution in [0.15, 0.2) is 4.52 Å². The summed E-state index contributed by atoms with van der Waals surface area (Å²) < 4.78 is 43.3. The van der Waals surface area contributed by atoms with Gasteiger partial charge in [0.15, 0.2) is 5.82 Å². The molecule has 0 amide bonds. The molecular weight excluding hydrogens is 247 g/mol. The molecule has 4 nitrogen and oxygen atoms in total. The lowest BCUT2D eigenvalue weighted by atomic mass is 9.84. The Morgan fingerprint density at radius 1 is 1.33 bits per heavy atom. The van der Waals surface area contributed by atoms with Crippen LogP contribution in [0.1, 0.15) is 37.4 Å². The monoisotopic (exact) mass is 263 g/mol. The molecule has 0 radical (unpaired) electrons. The summed E-state index contributed by atoms with van der Waals surface area (Å²) in [7, 11) is 0. The van der Waals surface area contributed by atoms with E-state index in [9.17, 15) is 13.2 Å². The maximum atomic E-state index is 12.8. The molecule has 0 unspecified atom stereocenters. The zero-order chi connectivity index (χ0) is 13.2. The molecule has 1 heterocycles. The molecule has 1 fully saturated rings. The fourth-order valence-corrected chi connectivity index (χ4v) is 2.40. The first-order chi connectivity index (χ1) is 8.47. The Kier molecular flexibility index (Phi) is 3.89. The number of hydrogen-bond acceptors (Lipinski definition) is 4. The van der Waals surface area contributed by atoms with Crippen molar-refractivity contribution in [1.82, 2.24) is 15.5 Å². The van der Waals surface area contributed by atoms with E-state index in [4.69, 9.17) is 4.52 Å². The summed E-state index contributed by atoms with van der Waals surface area (Å²) in [6.07, 6.45) is -1.92. The second kappa shape index (κ2) is 5.26. The fraction of sp³-hybridized carbons (Fsp3) is 0.818. The number of aryl methyl sites for hydroxylation is 1. The van der Waals surface area contributed by atoms with Gasteiger partial charge >= 0.3 is 6.18 Å². The third-order valence-corrected chi connectivity index (χ3v) is 3.28. The molecule has 0 aliphatic heterocycles. The molecule has 1 aliphatic carbocycles. The van der Waals surface area contributed by atoms with Gasteiger partial charge in [-0.2, -0.15) is 18.2 Å². The van der Waals surface area contributed by atoms with Crippen LogP contribution in [0, 0.1) is 12.8 Å². The van der Waals surface area contributed by atoms with Gasteiger partial charge in [-0.15, -0.1) is 0 Å². The van der Waals surface area contributed by atoms with Gasteiger partial charge in [0.1, 0.15) is 0 Å². The van der Waals surface area contributed by atoms with Gasteiger partial charge in [0.2, 0.25) is 5.89 Å². The Hall–Kier alpha value is -1.11. The third kappa shape index (κ3) is 3.22. The summed E-state index contributed by atoms with van der Waals surface area (Å²) in [5.41, 5.74) is 0. The van der Waals surface area contributed by atoms with E-state index in [1.54, 1.807) is 6.92 Å². The number of aromatic nitrogens is 2. The van der Waals surface area contributed by atoms with Crippen molar-refractivity contribution in [2.24, 2.45) is 5.92 Å².